The van der Waals surface area contributed by atoms with Crippen molar-refractivity contribution in [1.82, 2.24) is 5.32 Å². The molecule has 0 aliphatic carbocycles. The quantitative estimate of drug-likeness (QED) is 0.737. The number of carbonyl (C=O) groups is 1. The van der Waals surface area contributed by atoms with Crippen molar-refractivity contribution in [3.63, 3.8) is 0 Å². The fourth-order valence-electron chi connectivity index (χ4n) is 1.47. The smallest absolute Gasteiger partial charge is 0.221 e. The zero-order valence-electron chi connectivity index (χ0n) is 9.53. The maximum absolute atomic E-state index is 11.2. The predicted molar refractivity (Wildman–Crippen MR) is 68.6 cm³/mol. The Bertz CT molecular complexity index is 342. The molecule has 1 amide bonds. The van der Waals surface area contributed by atoms with Gasteiger partial charge in [-0.15, -0.1) is 11.8 Å². The minimum absolute atomic E-state index is 0.0316. The van der Waals surface area contributed by atoms with Gasteiger partial charge in [0, 0.05) is 24.4 Å². The van der Waals surface area contributed by atoms with E-state index < -0.39 is 0 Å². The molecule has 0 radical (unpaired) electrons. The van der Waals surface area contributed by atoms with Crippen molar-refractivity contribution in [2.75, 3.05) is 19.3 Å². The van der Waals surface area contributed by atoms with Gasteiger partial charge in [-0.05, 0) is 24.3 Å². The second kappa shape index (κ2) is 7.30. The standard InChI is InChI=1S/C12H18N2OS/c1-16-11-5-3-2-4-10(11)7-9-14-12(15)6-8-13/h2-5H,6-9,13H2,1H3,(H,14,15). The van der Waals surface area contributed by atoms with Crippen LogP contribution in [0.3, 0.4) is 0 Å². The maximum atomic E-state index is 11.2. The number of rotatable bonds is 6. The number of hydrogen-bond acceptors (Lipinski definition) is 3. The molecule has 0 spiro atoms. The Morgan fingerprint density at radius 2 is 2.19 bits per heavy atom. The lowest BCUT2D eigenvalue weighted by atomic mass is 10.1. The highest BCUT2D eigenvalue weighted by molar-refractivity contribution is 7.98. The topological polar surface area (TPSA) is 55.1 Å². The lowest BCUT2D eigenvalue weighted by molar-refractivity contribution is -0.120. The molecular weight excluding hydrogens is 220 g/mol. The van der Waals surface area contributed by atoms with E-state index in [1.54, 1.807) is 11.8 Å². The number of carbonyl (C=O) groups excluding carboxylic acids is 1. The number of hydrogen-bond donors (Lipinski definition) is 2. The first-order chi connectivity index (χ1) is 7.77. The van der Waals surface area contributed by atoms with Crippen LogP contribution in [0.4, 0.5) is 0 Å². The van der Waals surface area contributed by atoms with E-state index in [9.17, 15) is 4.79 Å². The van der Waals surface area contributed by atoms with E-state index in [0.29, 0.717) is 19.5 Å². The molecule has 0 atom stereocenters. The third kappa shape index (κ3) is 4.24. The van der Waals surface area contributed by atoms with E-state index in [-0.39, 0.29) is 5.91 Å². The monoisotopic (exact) mass is 238 g/mol. The van der Waals surface area contributed by atoms with Gasteiger partial charge >= 0.3 is 0 Å². The third-order valence-electron chi connectivity index (χ3n) is 2.28. The van der Waals surface area contributed by atoms with Crippen LogP contribution in [0, 0.1) is 0 Å². The number of nitrogens with one attached hydrogen (secondary N) is 1. The average molecular weight is 238 g/mol. The van der Waals surface area contributed by atoms with Gasteiger partial charge in [0.1, 0.15) is 0 Å². The van der Waals surface area contributed by atoms with Crippen LogP contribution < -0.4 is 11.1 Å². The molecule has 0 saturated heterocycles. The van der Waals surface area contributed by atoms with E-state index in [4.69, 9.17) is 5.73 Å². The summed E-state index contributed by atoms with van der Waals surface area (Å²) in [7, 11) is 0. The molecule has 0 unspecified atom stereocenters. The van der Waals surface area contributed by atoms with Gasteiger partial charge in [-0.3, -0.25) is 4.79 Å². The molecular formula is C12H18N2OS. The molecule has 0 aliphatic heterocycles. The SMILES string of the molecule is CSc1ccccc1CCNC(=O)CCN. The van der Waals surface area contributed by atoms with E-state index >= 15 is 0 Å². The van der Waals surface area contributed by atoms with Crippen LogP contribution in [0.2, 0.25) is 0 Å². The van der Waals surface area contributed by atoms with E-state index in [0.717, 1.165) is 6.42 Å². The zero-order valence-corrected chi connectivity index (χ0v) is 10.3. The molecule has 0 fully saturated rings. The first-order valence-corrected chi connectivity index (χ1v) is 6.59. The average Bonchev–Trinajstić information content (AvgIpc) is 2.30. The molecule has 3 N–H and O–H groups in total. The molecule has 0 saturated carbocycles. The molecule has 1 aromatic carbocycles. The van der Waals surface area contributed by atoms with Crippen LogP contribution in [0.25, 0.3) is 0 Å². The van der Waals surface area contributed by atoms with Crippen LogP contribution in [0.5, 0.6) is 0 Å². The summed E-state index contributed by atoms with van der Waals surface area (Å²) >= 11 is 1.73. The Balaban J connectivity index is 2.39. The van der Waals surface area contributed by atoms with Gasteiger partial charge in [0.15, 0.2) is 0 Å². The van der Waals surface area contributed by atoms with Crippen molar-refractivity contribution in [3.05, 3.63) is 29.8 Å². The molecule has 0 aromatic heterocycles. The van der Waals surface area contributed by atoms with Crippen molar-refractivity contribution < 1.29 is 4.79 Å². The molecule has 1 rings (SSSR count). The number of amides is 1. The van der Waals surface area contributed by atoms with Crippen molar-refractivity contribution >= 4 is 17.7 Å². The van der Waals surface area contributed by atoms with Crippen LogP contribution >= 0.6 is 11.8 Å². The molecule has 0 heterocycles. The lowest BCUT2D eigenvalue weighted by Gasteiger charge is -2.08. The van der Waals surface area contributed by atoms with Crippen molar-refractivity contribution in [2.45, 2.75) is 17.7 Å². The molecule has 3 nitrogen and oxygen atoms in total. The Morgan fingerprint density at radius 1 is 1.44 bits per heavy atom. The summed E-state index contributed by atoms with van der Waals surface area (Å²) in [6, 6.07) is 8.25. The van der Waals surface area contributed by atoms with Crippen LogP contribution in [-0.2, 0) is 11.2 Å². The molecule has 0 aliphatic rings. The number of benzene rings is 1. The maximum Gasteiger partial charge on any atom is 0.221 e. The van der Waals surface area contributed by atoms with Gasteiger partial charge in [0.2, 0.25) is 5.91 Å². The van der Waals surface area contributed by atoms with Gasteiger partial charge in [-0.1, -0.05) is 18.2 Å². The van der Waals surface area contributed by atoms with Crippen molar-refractivity contribution in [3.8, 4) is 0 Å². The summed E-state index contributed by atoms with van der Waals surface area (Å²) in [5, 5.41) is 2.86. The highest BCUT2D eigenvalue weighted by Gasteiger charge is 2.02. The van der Waals surface area contributed by atoms with Gasteiger partial charge in [-0.2, -0.15) is 0 Å². The van der Waals surface area contributed by atoms with Crippen LogP contribution in [-0.4, -0.2) is 25.3 Å². The van der Waals surface area contributed by atoms with Crippen molar-refractivity contribution in [2.24, 2.45) is 5.73 Å². The van der Waals surface area contributed by atoms with E-state index in [2.05, 4.69) is 23.7 Å². The first-order valence-electron chi connectivity index (χ1n) is 5.36. The fourth-order valence-corrected chi connectivity index (χ4v) is 2.11. The summed E-state index contributed by atoms with van der Waals surface area (Å²) in [5.41, 5.74) is 6.57. The summed E-state index contributed by atoms with van der Waals surface area (Å²) in [5.74, 6) is 0.0316. The Labute approximate surface area is 101 Å². The van der Waals surface area contributed by atoms with Crippen LogP contribution in [0.1, 0.15) is 12.0 Å². The normalized spacial score (nSPS) is 10.1. The van der Waals surface area contributed by atoms with E-state index in [1.807, 2.05) is 12.1 Å². The summed E-state index contributed by atoms with van der Waals surface area (Å²) in [4.78, 5) is 12.5. The molecule has 1 aromatic rings. The zero-order chi connectivity index (χ0) is 11.8. The van der Waals surface area contributed by atoms with Crippen molar-refractivity contribution in [1.29, 1.82) is 0 Å². The highest BCUT2D eigenvalue weighted by atomic mass is 32.2. The van der Waals surface area contributed by atoms with Gasteiger partial charge in [-0.25, -0.2) is 0 Å². The summed E-state index contributed by atoms with van der Waals surface area (Å²) in [6.07, 6.45) is 3.34. The van der Waals surface area contributed by atoms with E-state index in [1.165, 1.54) is 10.5 Å². The first kappa shape index (κ1) is 13.1. The molecule has 4 heteroatoms. The largest absolute Gasteiger partial charge is 0.356 e. The van der Waals surface area contributed by atoms with Gasteiger partial charge in [0.25, 0.3) is 0 Å². The van der Waals surface area contributed by atoms with Crippen LogP contribution in [0.15, 0.2) is 29.2 Å². The Morgan fingerprint density at radius 3 is 2.88 bits per heavy atom. The number of thioether (sulfide) groups is 1. The highest BCUT2D eigenvalue weighted by Crippen LogP contribution is 2.19. The Kier molecular flexibility index (Phi) is 5.96. The molecule has 0 bridgehead atoms. The van der Waals surface area contributed by atoms with Gasteiger partial charge in [0.05, 0.1) is 0 Å². The Hall–Kier alpha value is -1.00. The lowest BCUT2D eigenvalue weighted by Crippen LogP contribution is -2.27. The molecule has 16 heavy (non-hydrogen) atoms. The number of nitrogens with two attached hydrogens (primary N) is 1. The van der Waals surface area contributed by atoms with Gasteiger partial charge < -0.3 is 11.1 Å². The predicted octanol–water partition coefficient (Wildman–Crippen LogP) is 1.42. The third-order valence-corrected chi connectivity index (χ3v) is 3.12. The summed E-state index contributed by atoms with van der Waals surface area (Å²) in [6.45, 7) is 1.09. The minimum Gasteiger partial charge on any atom is -0.356 e. The summed E-state index contributed by atoms with van der Waals surface area (Å²) < 4.78 is 0. The second-order valence-electron chi connectivity index (χ2n) is 3.45. The second-order valence-corrected chi connectivity index (χ2v) is 4.30. The molecule has 88 valence electrons. The fraction of sp³-hybridized carbons (Fsp3) is 0.417. The minimum atomic E-state index is 0.0316.